The summed E-state index contributed by atoms with van der Waals surface area (Å²) < 4.78 is 6.46. The molecule has 3 aromatic rings. The maximum Gasteiger partial charge on any atom is 0.293 e. The molecule has 0 saturated heterocycles. The van der Waals surface area contributed by atoms with E-state index in [9.17, 15) is 4.79 Å². The second-order valence-electron chi connectivity index (χ2n) is 4.82. The van der Waals surface area contributed by atoms with Crippen molar-refractivity contribution >= 4 is 56.0 Å². The highest BCUT2D eigenvalue weighted by Gasteiger charge is 2.18. The molecule has 0 radical (unpaired) electrons. The molecule has 0 aliphatic heterocycles. The number of aromatic nitrogens is 1. The lowest BCUT2D eigenvalue weighted by atomic mass is 10.1. The Morgan fingerprint density at radius 2 is 2.04 bits per heavy atom. The number of carbonyl (C=O) groups is 1. The third-order valence-corrected chi connectivity index (χ3v) is 3.92. The van der Waals surface area contributed by atoms with Crippen molar-refractivity contribution in [2.24, 2.45) is 0 Å². The summed E-state index contributed by atoms with van der Waals surface area (Å²) >= 11 is 8.43. The zero-order valence-corrected chi connectivity index (χ0v) is 14.5. The fraction of sp³-hybridized carbons (Fsp3) is 0.0625. The molecule has 0 fully saturated rings. The van der Waals surface area contributed by atoms with Gasteiger partial charge in [-0.05, 0) is 53.3 Å². The Balaban J connectivity index is 1.73. The number of nitrogens with one attached hydrogen (secondary N) is 2. The van der Waals surface area contributed by atoms with Crippen molar-refractivity contribution in [3.05, 3.63) is 58.4 Å². The highest BCUT2D eigenvalue weighted by molar-refractivity contribution is 9.10. The molecule has 0 aliphatic rings. The van der Waals surface area contributed by atoms with Crippen molar-refractivity contribution in [3.8, 4) is 0 Å². The van der Waals surface area contributed by atoms with E-state index in [0.717, 1.165) is 15.4 Å². The first-order valence-electron chi connectivity index (χ1n) is 6.76. The zero-order chi connectivity index (χ0) is 16.4. The number of hydrogen-bond acceptors (Lipinski definition) is 4. The lowest BCUT2D eigenvalue weighted by Gasteiger charge is -2.08. The lowest BCUT2D eigenvalue weighted by Crippen LogP contribution is -2.34. The van der Waals surface area contributed by atoms with Crippen molar-refractivity contribution in [3.63, 3.8) is 0 Å². The lowest BCUT2D eigenvalue weighted by molar-refractivity contribution is 0.0952. The van der Waals surface area contributed by atoms with Gasteiger partial charge in [0.25, 0.3) is 5.91 Å². The van der Waals surface area contributed by atoms with Gasteiger partial charge in [-0.1, -0.05) is 18.2 Å². The number of aryl methyl sites for hydroxylation is 1. The van der Waals surface area contributed by atoms with E-state index in [1.807, 2.05) is 37.3 Å². The average Bonchev–Trinajstić information content (AvgIpc) is 2.87. The van der Waals surface area contributed by atoms with Crippen LogP contribution in [0.4, 0.5) is 5.82 Å². The summed E-state index contributed by atoms with van der Waals surface area (Å²) in [5.41, 5.74) is 1.45. The maximum absolute atomic E-state index is 12.3. The largest absolute Gasteiger partial charge is 0.451 e. The van der Waals surface area contributed by atoms with Crippen LogP contribution in [0.15, 0.2) is 51.5 Å². The van der Waals surface area contributed by atoms with Gasteiger partial charge in [0.05, 0.1) is 0 Å². The first-order valence-corrected chi connectivity index (χ1v) is 7.97. The predicted molar refractivity (Wildman–Crippen MR) is 96.6 cm³/mol. The predicted octanol–water partition coefficient (Wildman–Crippen LogP) is 4.03. The van der Waals surface area contributed by atoms with Gasteiger partial charge in [-0.25, -0.2) is 4.98 Å². The van der Waals surface area contributed by atoms with Crippen LogP contribution in [0.5, 0.6) is 0 Å². The quantitative estimate of drug-likeness (QED) is 0.647. The minimum Gasteiger partial charge on any atom is -0.451 e. The molecule has 0 unspecified atom stereocenters. The third-order valence-electron chi connectivity index (χ3n) is 3.25. The molecule has 23 heavy (non-hydrogen) atoms. The van der Waals surface area contributed by atoms with E-state index in [-0.39, 0.29) is 10.9 Å². The number of benzene rings is 1. The summed E-state index contributed by atoms with van der Waals surface area (Å²) in [6.07, 6.45) is 1.64. The highest BCUT2D eigenvalue weighted by Crippen LogP contribution is 2.24. The first-order chi connectivity index (χ1) is 11.0. The monoisotopic (exact) mass is 389 g/mol. The van der Waals surface area contributed by atoms with E-state index in [1.165, 1.54) is 0 Å². The molecule has 2 aromatic heterocycles. The van der Waals surface area contributed by atoms with Gasteiger partial charge < -0.3 is 9.73 Å². The van der Waals surface area contributed by atoms with Crippen LogP contribution in [0.3, 0.4) is 0 Å². The van der Waals surface area contributed by atoms with Gasteiger partial charge >= 0.3 is 0 Å². The molecule has 7 heteroatoms. The Bertz CT molecular complexity index is 890. The summed E-state index contributed by atoms with van der Waals surface area (Å²) in [4.78, 5) is 16.5. The van der Waals surface area contributed by atoms with Crippen molar-refractivity contribution in [2.75, 3.05) is 5.32 Å². The molecule has 2 heterocycles. The fourth-order valence-corrected chi connectivity index (χ4v) is 2.58. The Hall–Kier alpha value is -2.25. The number of furan rings is 1. The molecule has 0 bridgehead atoms. The molecule has 2 N–H and O–H groups in total. The number of pyridine rings is 1. The number of rotatable bonds is 2. The first kappa shape index (κ1) is 15.6. The number of para-hydroxylation sites is 1. The SMILES string of the molecule is Cc1c(C(=O)NC(=S)Nc2ccc(Br)cn2)oc2ccccc12. The smallest absolute Gasteiger partial charge is 0.293 e. The molecule has 0 spiro atoms. The second-order valence-corrected chi connectivity index (χ2v) is 6.15. The van der Waals surface area contributed by atoms with E-state index < -0.39 is 5.91 Å². The Labute approximate surface area is 146 Å². The van der Waals surface area contributed by atoms with Crippen molar-refractivity contribution < 1.29 is 9.21 Å². The van der Waals surface area contributed by atoms with Crippen LogP contribution in [0.1, 0.15) is 16.1 Å². The third kappa shape index (κ3) is 3.40. The maximum atomic E-state index is 12.3. The van der Waals surface area contributed by atoms with Crippen molar-refractivity contribution in [1.29, 1.82) is 0 Å². The number of thiocarbonyl (C=S) groups is 1. The molecule has 0 saturated carbocycles. The molecule has 5 nitrogen and oxygen atoms in total. The normalized spacial score (nSPS) is 10.5. The summed E-state index contributed by atoms with van der Waals surface area (Å²) in [6.45, 7) is 1.84. The van der Waals surface area contributed by atoms with E-state index >= 15 is 0 Å². The van der Waals surface area contributed by atoms with Gasteiger partial charge in [0, 0.05) is 21.6 Å². The fourth-order valence-electron chi connectivity index (χ4n) is 2.15. The Morgan fingerprint density at radius 3 is 2.74 bits per heavy atom. The summed E-state index contributed by atoms with van der Waals surface area (Å²) in [6, 6.07) is 11.1. The minimum absolute atomic E-state index is 0.157. The van der Waals surface area contributed by atoms with Crippen LogP contribution >= 0.6 is 28.1 Å². The number of amides is 1. The summed E-state index contributed by atoms with van der Waals surface area (Å²) in [5.74, 6) is 0.396. The van der Waals surface area contributed by atoms with E-state index in [0.29, 0.717) is 11.4 Å². The standard InChI is InChI=1S/C16H12BrN3O2S/c1-9-11-4-2-3-5-12(11)22-14(9)15(21)20-16(23)19-13-7-6-10(17)8-18-13/h2-8H,1H3,(H2,18,19,20,21,23). The number of fused-ring (bicyclic) bond motifs is 1. The average molecular weight is 390 g/mol. The minimum atomic E-state index is -0.395. The topological polar surface area (TPSA) is 67.2 Å². The van der Waals surface area contributed by atoms with Crippen LogP contribution in [-0.4, -0.2) is 16.0 Å². The van der Waals surface area contributed by atoms with Crippen LogP contribution in [0.25, 0.3) is 11.0 Å². The van der Waals surface area contributed by atoms with Crippen LogP contribution < -0.4 is 10.6 Å². The molecule has 1 aromatic carbocycles. The molecular formula is C16H12BrN3O2S. The van der Waals surface area contributed by atoms with Crippen molar-refractivity contribution in [1.82, 2.24) is 10.3 Å². The van der Waals surface area contributed by atoms with Gasteiger partial charge in [0.1, 0.15) is 11.4 Å². The van der Waals surface area contributed by atoms with Gasteiger partial charge in [-0.15, -0.1) is 0 Å². The van der Waals surface area contributed by atoms with Gasteiger partial charge in [-0.3, -0.25) is 10.1 Å². The van der Waals surface area contributed by atoms with Crippen LogP contribution in [0.2, 0.25) is 0 Å². The number of halogens is 1. The number of carbonyl (C=O) groups excluding carboxylic acids is 1. The molecule has 0 atom stereocenters. The van der Waals surface area contributed by atoms with Crippen LogP contribution in [0, 0.1) is 6.92 Å². The van der Waals surface area contributed by atoms with Gasteiger partial charge in [-0.2, -0.15) is 0 Å². The van der Waals surface area contributed by atoms with E-state index in [4.69, 9.17) is 16.6 Å². The van der Waals surface area contributed by atoms with Crippen molar-refractivity contribution in [2.45, 2.75) is 6.92 Å². The Kier molecular flexibility index (Phi) is 4.40. The zero-order valence-electron chi connectivity index (χ0n) is 12.1. The second kappa shape index (κ2) is 6.47. The summed E-state index contributed by atoms with van der Waals surface area (Å²) in [7, 11) is 0. The van der Waals surface area contributed by atoms with E-state index in [1.54, 1.807) is 12.3 Å². The molecular weight excluding hydrogens is 378 g/mol. The number of anilines is 1. The number of nitrogens with zero attached hydrogens (tertiary/aromatic N) is 1. The molecule has 116 valence electrons. The van der Waals surface area contributed by atoms with Crippen LogP contribution in [-0.2, 0) is 0 Å². The van der Waals surface area contributed by atoms with Gasteiger partial charge in [0.2, 0.25) is 0 Å². The van der Waals surface area contributed by atoms with E-state index in [2.05, 4.69) is 31.5 Å². The number of hydrogen-bond donors (Lipinski definition) is 2. The Morgan fingerprint density at radius 1 is 1.26 bits per heavy atom. The van der Waals surface area contributed by atoms with Gasteiger partial charge in [0.15, 0.2) is 10.9 Å². The molecule has 3 rings (SSSR count). The highest BCUT2D eigenvalue weighted by atomic mass is 79.9. The molecule has 0 aliphatic carbocycles. The molecule has 1 amide bonds. The summed E-state index contributed by atoms with van der Waals surface area (Å²) in [5, 5.41) is 6.51.